The topological polar surface area (TPSA) is 126 Å². The standard InChI is InChI=1S/C26H16N6O3/c1-16(33)14-32(15-22(34)35)19-10-8-18(9-11-19)31-25-23(17(12-27)13-28)20-6-4-5-7-21(20)24(25)26(29-2)30-3/h4-11H,14-15H2,1H3,(H,34,35). The predicted octanol–water partition coefficient (Wildman–Crippen LogP) is 4.26. The summed E-state index contributed by atoms with van der Waals surface area (Å²) in [5.74, 6) is -1.53. The van der Waals surface area contributed by atoms with Crippen LogP contribution in [0.3, 0.4) is 0 Å². The minimum Gasteiger partial charge on any atom is -0.480 e. The fraction of sp³-hybridized carbons (Fsp3) is 0.115. The van der Waals surface area contributed by atoms with Crippen LogP contribution in [0.1, 0.15) is 18.1 Å². The summed E-state index contributed by atoms with van der Waals surface area (Å²) in [7, 11) is 0. The molecule has 0 radical (unpaired) electrons. The van der Waals surface area contributed by atoms with Gasteiger partial charge < -0.3 is 10.0 Å². The molecule has 0 aromatic heterocycles. The SMILES string of the molecule is [C-]#[N+]C([N+]#[C-])=C1C(=Nc2ccc(N(CC(C)=O)CC(=O)O)cc2)C(=C(C#N)C#N)c2ccccc21. The smallest absolute Gasteiger partial charge is 0.480 e. The first kappa shape index (κ1) is 24.1. The predicted molar refractivity (Wildman–Crippen MR) is 129 cm³/mol. The molecule has 0 spiro atoms. The second-order valence-electron chi connectivity index (χ2n) is 7.37. The third-order valence-corrected chi connectivity index (χ3v) is 5.04. The number of hydrogen-bond donors (Lipinski definition) is 1. The average molecular weight is 460 g/mol. The summed E-state index contributed by atoms with van der Waals surface area (Å²) in [6.45, 7) is 15.8. The summed E-state index contributed by atoms with van der Waals surface area (Å²) in [5, 5.41) is 28.3. The number of carboxylic acid groups (broad SMARTS) is 1. The Balaban J connectivity index is 2.21. The van der Waals surface area contributed by atoms with Gasteiger partial charge in [0.05, 0.1) is 17.9 Å². The number of nitriles is 2. The molecule has 0 heterocycles. The zero-order valence-corrected chi connectivity index (χ0v) is 18.5. The minimum absolute atomic E-state index is 0.0810. The maximum atomic E-state index is 11.6. The molecule has 168 valence electrons. The van der Waals surface area contributed by atoms with Crippen LogP contribution in [0.5, 0.6) is 0 Å². The molecule has 2 aromatic carbocycles. The Kier molecular flexibility index (Phi) is 7.18. The molecule has 1 aliphatic rings. The van der Waals surface area contributed by atoms with Crippen molar-refractivity contribution < 1.29 is 14.7 Å². The van der Waals surface area contributed by atoms with Crippen molar-refractivity contribution >= 4 is 40.0 Å². The highest BCUT2D eigenvalue weighted by atomic mass is 16.4. The van der Waals surface area contributed by atoms with E-state index in [2.05, 4.69) is 14.7 Å². The number of allylic oxidation sites excluding steroid dienone is 3. The molecule has 0 amide bonds. The molecule has 1 N–H and O–H groups in total. The van der Waals surface area contributed by atoms with Crippen LogP contribution in [0.4, 0.5) is 11.4 Å². The molecule has 3 rings (SSSR count). The highest BCUT2D eigenvalue weighted by Gasteiger charge is 2.36. The van der Waals surface area contributed by atoms with Crippen LogP contribution >= 0.6 is 0 Å². The van der Waals surface area contributed by atoms with Gasteiger partial charge in [-0.3, -0.25) is 9.59 Å². The van der Waals surface area contributed by atoms with Gasteiger partial charge >= 0.3 is 11.8 Å². The second kappa shape index (κ2) is 10.4. The quantitative estimate of drug-likeness (QED) is 0.507. The Hall–Kier alpha value is -5.51. The van der Waals surface area contributed by atoms with Gasteiger partial charge in [0.25, 0.3) is 0 Å². The van der Waals surface area contributed by atoms with E-state index in [0.29, 0.717) is 22.5 Å². The number of anilines is 1. The number of fused-ring (bicyclic) bond motifs is 1. The van der Waals surface area contributed by atoms with E-state index < -0.39 is 5.97 Å². The number of carbonyl (C=O) groups excluding carboxylic acids is 1. The van der Waals surface area contributed by atoms with Crippen LogP contribution < -0.4 is 4.90 Å². The fourth-order valence-electron chi connectivity index (χ4n) is 3.70. The summed E-state index contributed by atoms with van der Waals surface area (Å²) in [4.78, 5) is 35.4. The van der Waals surface area contributed by atoms with Crippen molar-refractivity contribution in [2.75, 3.05) is 18.0 Å². The number of carbonyl (C=O) groups is 2. The lowest BCUT2D eigenvalue weighted by molar-refractivity contribution is -0.135. The molecule has 1 aliphatic carbocycles. The maximum absolute atomic E-state index is 11.6. The van der Waals surface area contributed by atoms with E-state index in [1.807, 2.05) is 12.1 Å². The Labute approximate surface area is 201 Å². The van der Waals surface area contributed by atoms with E-state index >= 15 is 0 Å². The Morgan fingerprint density at radius 3 is 2.03 bits per heavy atom. The van der Waals surface area contributed by atoms with E-state index in [1.165, 1.54) is 11.8 Å². The molecular formula is C26H16N6O3. The first-order valence-electron chi connectivity index (χ1n) is 10.1. The number of benzene rings is 2. The van der Waals surface area contributed by atoms with Crippen LogP contribution in [0.2, 0.25) is 0 Å². The molecule has 9 heteroatoms. The van der Waals surface area contributed by atoms with Crippen molar-refractivity contribution in [3.05, 3.63) is 93.9 Å². The van der Waals surface area contributed by atoms with Crippen molar-refractivity contribution in [3.8, 4) is 12.1 Å². The molecular weight excluding hydrogens is 444 g/mol. The molecule has 0 atom stereocenters. The molecule has 0 bridgehead atoms. The van der Waals surface area contributed by atoms with E-state index in [4.69, 9.17) is 18.3 Å². The normalized spacial score (nSPS) is 12.5. The van der Waals surface area contributed by atoms with Gasteiger partial charge in [-0.1, -0.05) is 24.3 Å². The van der Waals surface area contributed by atoms with Gasteiger partial charge in [-0.25, -0.2) is 4.99 Å². The molecule has 9 nitrogen and oxygen atoms in total. The highest BCUT2D eigenvalue weighted by Crippen LogP contribution is 2.43. The minimum atomic E-state index is -1.09. The van der Waals surface area contributed by atoms with Crippen LogP contribution in [-0.4, -0.2) is 35.7 Å². The number of aliphatic carboxylic acids is 1. The Morgan fingerprint density at radius 2 is 1.54 bits per heavy atom. The van der Waals surface area contributed by atoms with E-state index in [-0.39, 0.29) is 47.1 Å². The number of ketones is 1. The molecule has 2 aromatic rings. The maximum Gasteiger partial charge on any atom is 0.529 e. The van der Waals surface area contributed by atoms with E-state index in [9.17, 15) is 20.1 Å². The lowest BCUT2D eigenvalue weighted by atomic mass is 10.0. The Morgan fingerprint density at radius 1 is 0.971 bits per heavy atom. The number of hydrogen-bond acceptors (Lipinski definition) is 6. The lowest BCUT2D eigenvalue weighted by Crippen LogP contribution is -2.33. The lowest BCUT2D eigenvalue weighted by Gasteiger charge is -2.21. The van der Waals surface area contributed by atoms with Gasteiger partial charge in [-0.05, 0) is 42.3 Å². The van der Waals surface area contributed by atoms with Crippen LogP contribution in [0, 0.1) is 35.8 Å². The van der Waals surface area contributed by atoms with Gasteiger partial charge in [0.1, 0.15) is 48.8 Å². The number of nitrogens with zero attached hydrogens (tertiary/aromatic N) is 6. The van der Waals surface area contributed by atoms with Gasteiger partial charge in [-0.15, -0.1) is 0 Å². The average Bonchev–Trinajstić information content (AvgIpc) is 3.14. The monoisotopic (exact) mass is 460 g/mol. The summed E-state index contributed by atoms with van der Waals surface area (Å²) in [6, 6.07) is 17.0. The summed E-state index contributed by atoms with van der Waals surface area (Å²) in [6.07, 6.45) is 0. The summed E-state index contributed by atoms with van der Waals surface area (Å²) in [5.41, 5.74) is 2.35. The largest absolute Gasteiger partial charge is 0.529 e. The molecule has 0 fully saturated rings. The van der Waals surface area contributed by atoms with Gasteiger partial charge in [0, 0.05) is 11.3 Å². The van der Waals surface area contributed by atoms with Gasteiger partial charge in [0.2, 0.25) is 0 Å². The number of carboxylic acids is 1. The first-order valence-corrected chi connectivity index (χ1v) is 10.1. The summed E-state index contributed by atoms with van der Waals surface area (Å²) >= 11 is 0. The number of Topliss-reactive ketones (excluding diaryl/α,β-unsaturated/α-hetero) is 1. The summed E-state index contributed by atoms with van der Waals surface area (Å²) < 4.78 is 0. The highest BCUT2D eigenvalue weighted by molar-refractivity contribution is 6.51. The van der Waals surface area contributed by atoms with Crippen LogP contribution in [0.15, 0.2) is 64.9 Å². The van der Waals surface area contributed by atoms with Crippen molar-refractivity contribution in [1.82, 2.24) is 0 Å². The van der Waals surface area contributed by atoms with Gasteiger partial charge in [-0.2, -0.15) is 20.2 Å². The molecule has 0 aliphatic heterocycles. The second-order valence-corrected chi connectivity index (χ2v) is 7.37. The van der Waals surface area contributed by atoms with E-state index in [1.54, 1.807) is 48.5 Å². The van der Waals surface area contributed by atoms with Crippen molar-refractivity contribution in [2.45, 2.75) is 6.92 Å². The third-order valence-electron chi connectivity index (χ3n) is 5.04. The van der Waals surface area contributed by atoms with Gasteiger partial charge in [0.15, 0.2) is 0 Å². The zero-order chi connectivity index (χ0) is 25.5. The van der Waals surface area contributed by atoms with Crippen LogP contribution in [-0.2, 0) is 9.59 Å². The first-order chi connectivity index (χ1) is 16.8. The number of aliphatic imine (C=N–C) groups is 1. The van der Waals surface area contributed by atoms with Crippen LogP contribution in [0.25, 0.3) is 20.8 Å². The third kappa shape index (κ3) is 4.96. The molecule has 35 heavy (non-hydrogen) atoms. The molecule has 0 unspecified atom stereocenters. The van der Waals surface area contributed by atoms with Crippen molar-refractivity contribution in [3.63, 3.8) is 0 Å². The zero-order valence-electron chi connectivity index (χ0n) is 18.5. The number of rotatable bonds is 6. The Bertz CT molecular complexity index is 1370. The van der Waals surface area contributed by atoms with Crippen molar-refractivity contribution in [1.29, 1.82) is 10.5 Å². The fourth-order valence-corrected chi connectivity index (χ4v) is 3.70. The van der Waals surface area contributed by atoms with E-state index in [0.717, 1.165) is 0 Å². The molecule has 0 saturated carbocycles. The molecule has 0 saturated heterocycles. The van der Waals surface area contributed by atoms with Crippen molar-refractivity contribution in [2.24, 2.45) is 4.99 Å².